The van der Waals surface area contributed by atoms with Crippen LogP contribution in [0.4, 0.5) is 10.1 Å². The highest BCUT2D eigenvalue weighted by molar-refractivity contribution is 7.84. The molecule has 1 aliphatic carbocycles. The number of anilines is 1. The highest BCUT2D eigenvalue weighted by Gasteiger charge is 2.26. The molecule has 1 amide bonds. The molecule has 1 N–H and O–H groups in total. The van der Waals surface area contributed by atoms with Crippen LogP contribution in [0, 0.1) is 5.82 Å². The van der Waals surface area contributed by atoms with Crippen molar-refractivity contribution >= 4 is 39.6 Å². The number of carbonyl (C=O) groups excluding carboxylic acids is 1. The second-order valence-corrected chi connectivity index (χ2v) is 9.18. The van der Waals surface area contributed by atoms with Gasteiger partial charge in [0.05, 0.1) is 19.2 Å². The number of carbonyl (C=O) groups is 1. The van der Waals surface area contributed by atoms with E-state index >= 15 is 0 Å². The standard InChI is InChI=1S/C27H24FNO3S/c1-17-22(14-18-8-11-20(12-9-18)33(3)31)21-13-10-19(28)15-24(21)23(17)16-27(30)29-25-6-4-5-7-26(25)32-2/h4-15H,16H2,1-3H3,(H,29,30). The van der Waals surface area contributed by atoms with Gasteiger partial charge in [0.25, 0.3) is 0 Å². The van der Waals surface area contributed by atoms with E-state index in [4.69, 9.17) is 4.74 Å². The SMILES string of the molecule is COc1ccccc1NC(=O)CC1=C(C)C(=Cc2ccc(S(C)=O)cc2)c2ccc(F)cc21. The second kappa shape index (κ2) is 9.55. The van der Waals surface area contributed by atoms with Crippen LogP contribution in [0.3, 0.4) is 0 Å². The number of ether oxygens (including phenoxy) is 1. The number of hydrogen-bond acceptors (Lipinski definition) is 3. The first-order valence-electron chi connectivity index (χ1n) is 10.5. The van der Waals surface area contributed by atoms with E-state index in [2.05, 4.69) is 5.32 Å². The lowest BCUT2D eigenvalue weighted by Gasteiger charge is -2.11. The maximum absolute atomic E-state index is 14.1. The van der Waals surface area contributed by atoms with E-state index in [9.17, 15) is 13.4 Å². The van der Waals surface area contributed by atoms with Gasteiger partial charge in [-0.1, -0.05) is 30.3 Å². The minimum atomic E-state index is -1.04. The normalized spacial score (nSPS) is 14.8. The Balaban J connectivity index is 1.68. The molecule has 0 saturated heterocycles. The van der Waals surface area contributed by atoms with Gasteiger partial charge in [-0.2, -0.15) is 0 Å². The van der Waals surface area contributed by atoms with Crippen molar-refractivity contribution in [3.63, 3.8) is 0 Å². The predicted octanol–water partition coefficient (Wildman–Crippen LogP) is 5.93. The summed E-state index contributed by atoms with van der Waals surface area (Å²) >= 11 is 0. The molecule has 0 saturated carbocycles. The summed E-state index contributed by atoms with van der Waals surface area (Å²) in [5, 5.41) is 2.90. The van der Waals surface area contributed by atoms with Crippen molar-refractivity contribution in [2.45, 2.75) is 18.2 Å². The Morgan fingerprint density at radius 2 is 1.79 bits per heavy atom. The van der Waals surface area contributed by atoms with Gasteiger partial charge in [-0.05, 0) is 82.8 Å². The van der Waals surface area contributed by atoms with Crippen molar-refractivity contribution in [1.82, 2.24) is 0 Å². The minimum absolute atomic E-state index is 0.103. The van der Waals surface area contributed by atoms with Crippen LogP contribution < -0.4 is 10.1 Å². The van der Waals surface area contributed by atoms with E-state index in [1.807, 2.05) is 49.4 Å². The van der Waals surface area contributed by atoms with Gasteiger partial charge in [0.15, 0.2) is 0 Å². The summed E-state index contributed by atoms with van der Waals surface area (Å²) < 4.78 is 31.1. The average Bonchev–Trinajstić information content (AvgIpc) is 3.05. The molecule has 0 aromatic heterocycles. The Kier molecular flexibility index (Phi) is 6.56. The van der Waals surface area contributed by atoms with Crippen LogP contribution in [0.5, 0.6) is 5.75 Å². The molecule has 0 spiro atoms. The molecular weight excluding hydrogens is 437 g/mol. The number of amides is 1. The van der Waals surface area contributed by atoms with Crippen LogP contribution in [0.15, 0.2) is 77.2 Å². The van der Waals surface area contributed by atoms with Crippen LogP contribution in [-0.2, 0) is 15.6 Å². The van der Waals surface area contributed by atoms with E-state index in [0.29, 0.717) is 11.4 Å². The molecule has 1 aliphatic rings. The topological polar surface area (TPSA) is 55.4 Å². The van der Waals surface area contributed by atoms with E-state index in [-0.39, 0.29) is 18.1 Å². The third-order valence-electron chi connectivity index (χ3n) is 5.70. The number of nitrogens with one attached hydrogen (secondary N) is 1. The van der Waals surface area contributed by atoms with E-state index < -0.39 is 10.8 Å². The van der Waals surface area contributed by atoms with Gasteiger partial charge in [-0.3, -0.25) is 9.00 Å². The van der Waals surface area contributed by atoms with Crippen LogP contribution in [0.25, 0.3) is 17.2 Å². The monoisotopic (exact) mass is 461 g/mol. The highest BCUT2D eigenvalue weighted by atomic mass is 32.2. The molecular formula is C27H24FNO3S. The summed E-state index contributed by atoms with van der Waals surface area (Å²) in [4.78, 5) is 13.7. The van der Waals surface area contributed by atoms with E-state index in [1.165, 1.54) is 12.1 Å². The maximum Gasteiger partial charge on any atom is 0.228 e. The quantitative estimate of drug-likeness (QED) is 0.495. The van der Waals surface area contributed by atoms with Gasteiger partial charge in [0.2, 0.25) is 5.91 Å². The van der Waals surface area contributed by atoms with Gasteiger partial charge in [0, 0.05) is 22.0 Å². The lowest BCUT2D eigenvalue weighted by Crippen LogP contribution is -2.12. The number of benzene rings is 3. The Hall–Kier alpha value is -3.51. The fourth-order valence-corrected chi connectivity index (χ4v) is 4.53. The minimum Gasteiger partial charge on any atom is -0.495 e. The van der Waals surface area contributed by atoms with Crippen molar-refractivity contribution in [3.05, 3.63) is 94.8 Å². The van der Waals surface area contributed by atoms with E-state index in [0.717, 1.165) is 38.3 Å². The van der Waals surface area contributed by atoms with Crippen LogP contribution in [0.2, 0.25) is 0 Å². The first-order chi connectivity index (χ1) is 15.9. The molecule has 3 aromatic rings. The molecule has 4 nitrogen and oxygen atoms in total. The van der Waals surface area contributed by atoms with Crippen molar-refractivity contribution in [2.75, 3.05) is 18.7 Å². The zero-order valence-electron chi connectivity index (χ0n) is 18.6. The van der Waals surface area contributed by atoms with Gasteiger partial charge in [-0.25, -0.2) is 4.39 Å². The molecule has 0 radical (unpaired) electrons. The highest BCUT2D eigenvalue weighted by Crippen LogP contribution is 2.44. The molecule has 0 fully saturated rings. The molecule has 4 rings (SSSR count). The summed E-state index contributed by atoms with van der Waals surface area (Å²) in [5.74, 6) is 0.0202. The van der Waals surface area contributed by atoms with Gasteiger partial charge >= 0.3 is 0 Å². The molecule has 3 aromatic carbocycles. The zero-order chi connectivity index (χ0) is 23.5. The molecule has 0 aliphatic heterocycles. The molecule has 168 valence electrons. The largest absolute Gasteiger partial charge is 0.495 e. The number of hydrogen-bond donors (Lipinski definition) is 1. The third kappa shape index (κ3) is 4.81. The van der Waals surface area contributed by atoms with Crippen LogP contribution >= 0.6 is 0 Å². The average molecular weight is 462 g/mol. The second-order valence-electron chi connectivity index (χ2n) is 7.80. The molecule has 0 heterocycles. The first kappa shape index (κ1) is 22.7. The molecule has 0 bridgehead atoms. The Labute approximate surface area is 195 Å². The Morgan fingerprint density at radius 3 is 2.48 bits per heavy atom. The number of fused-ring (bicyclic) bond motifs is 1. The lowest BCUT2D eigenvalue weighted by atomic mass is 10.0. The fraction of sp³-hybridized carbons (Fsp3) is 0.148. The van der Waals surface area contributed by atoms with Gasteiger partial charge in [-0.15, -0.1) is 0 Å². The number of rotatable bonds is 6. The summed E-state index contributed by atoms with van der Waals surface area (Å²) in [7, 11) is 0.507. The summed E-state index contributed by atoms with van der Waals surface area (Å²) in [5.41, 5.74) is 5.79. The van der Waals surface area contributed by atoms with Crippen LogP contribution in [0.1, 0.15) is 30.0 Å². The molecule has 1 atom stereocenters. The summed E-state index contributed by atoms with van der Waals surface area (Å²) in [6, 6.07) is 19.4. The summed E-state index contributed by atoms with van der Waals surface area (Å²) in [6.07, 6.45) is 3.76. The van der Waals surface area contributed by atoms with Crippen molar-refractivity contribution < 1.29 is 18.1 Å². The van der Waals surface area contributed by atoms with Gasteiger partial charge < -0.3 is 10.1 Å². The predicted molar refractivity (Wildman–Crippen MR) is 132 cm³/mol. The molecule has 33 heavy (non-hydrogen) atoms. The summed E-state index contributed by atoms with van der Waals surface area (Å²) in [6.45, 7) is 1.95. The van der Waals surface area contributed by atoms with E-state index in [1.54, 1.807) is 31.6 Å². The molecule has 6 heteroatoms. The Bertz CT molecular complexity index is 1310. The molecule has 1 unspecified atom stereocenters. The van der Waals surface area contributed by atoms with Gasteiger partial charge in [0.1, 0.15) is 11.6 Å². The van der Waals surface area contributed by atoms with Crippen molar-refractivity contribution in [3.8, 4) is 5.75 Å². The smallest absolute Gasteiger partial charge is 0.228 e. The number of para-hydroxylation sites is 2. The van der Waals surface area contributed by atoms with Crippen molar-refractivity contribution in [2.24, 2.45) is 0 Å². The first-order valence-corrected chi connectivity index (χ1v) is 12.0. The lowest BCUT2D eigenvalue weighted by molar-refractivity contribution is -0.115. The third-order valence-corrected chi connectivity index (χ3v) is 6.63. The van der Waals surface area contributed by atoms with Crippen molar-refractivity contribution in [1.29, 1.82) is 0 Å². The number of halogens is 1. The number of allylic oxidation sites excluding steroid dienone is 2. The fourth-order valence-electron chi connectivity index (χ4n) is 4.01. The van der Waals surface area contributed by atoms with Crippen LogP contribution in [-0.4, -0.2) is 23.5 Å². The Morgan fingerprint density at radius 1 is 1.06 bits per heavy atom. The number of methoxy groups -OCH3 is 1. The zero-order valence-corrected chi connectivity index (χ0v) is 19.5. The maximum atomic E-state index is 14.1.